The first-order valence-electron chi connectivity index (χ1n) is 13.5. The van der Waals surface area contributed by atoms with Gasteiger partial charge in [-0.15, -0.1) is 0 Å². The van der Waals surface area contributed by atoms with E-state index in [-0.39, 0.29) is 44.1 Å². The summed E-state index contributed by atoms with van der Waals surface area (Å²) in [6, 6.07) is 17.9. The van der Waals surface area contributed by atoms with Crippen LogP contribution < -0.4 is 15.5 Å². The normalized spacial score (nSPS) is 16.4. The van der Waals surface area contributed by atoms with Crippen molar-refractivity contribution in [3.63, 3.8) is 0 Å². The highest BCUT2D eigenvalue weighted by Crippen LogP contribution is 2.36. The fraction of sp³-hybridized carbons (Fsp3) is 0.258. The van der Waals surface area contributed by atoms with E-state index < -0.39 is 41.3 Å². The zero-order valence-corrected chi connectivity index (χ0v) is 23.1. The van der Waals surface area contributed by atoms with E-state index in [0.717, 1.165) is 16.5 Å². The maximum absolute atomic E-state index is 15.5. The Kier molecular flexibility index (Phi) is 8.20. The third-order valence-corrected chi connectivity index (χ3v) is 7.41. The summed E-state index contributed by atoms with van der Waals surface area (Å²) in [7, 11) is 1.28. The maximum atomic E-state index is 15.5. The number of imide groups is 1. The first kappa shape index (κ1) is 29.4. The van der Waals surface area contributed by atoms with Gasteiger partial charge in [-0.1, -0.05) is 60.7 Å². The van der Waals surface area contributed by atoms with Crippen molar-refractivity contribution in [2.45, 2.75) is 44.5 Å². The van der Waals surface area contributed by atoms with Gasteiger partial charge in [-0.25, -0.2) is 4.79 Å². The Balaban J connectivity index is 1.24. The van der Waals surface area contributed by atoms with Crippen LogP contribution in [-0.4, -0.2) is 47.7 Å². The minimum atomic E-state index is -4.00. The molecule has 1 fully saturated rings. The predicted molar refractivity (Wildman–Crippen MR) is 150 cm³/mol. The summed E-state index contributed by atoms with van der Waals surface area (Å²) in [5.41, 5.74) is 1.27. The van der Waals surface area contributed by atoms with Crippen LogP contribution in [0.2, 0.25) is 0 Å². The second-order valence-electron chi connectivity index (χ2n) is 10.3. The summed E-state index contributed by atoms with van der Waals surface area (Å²) < 4.78 is 36.2. The van der Waals surface area contributed by atoms with Gasteiger partial charge in [0.25, 0.3) is 11.8 Å². The van der Waals surface area contributed by atoms with Crippen molar-refractivity contribution in [3.8, 4) is 0 Å². The number of hydrogen-bond acceptors (Lipinski definition) is 6. The van der Waals surface area contributed by atoms with Crippen molar-refractivity contribution >= 4 is 35.4 Å². The molecule has 0 bridgehead atoms. The summed E-state index contributed by atoms with van der Waals surface area (Å²) >= 11 is 0. The Morgan fingerprint density at radius 1 is 1.02 bits per heavy atom. The summed E-state index contributed by atoms with van der Waals surface area (Å²) in [6.07, 6.45) is -0.536. The van der Waals surface area contributed by atoms with Gasteiger partial charge >= 0.3 is 12.0 Å². The number of benzene rings is 3. The van der Waals surface area contributed by atoms with E-state index in [1.54, 1.807) is 30.3 Å². The van der Waals surface area contributed by atoms with Crippen molar-refractivity contribution in [3.05, 3.63) is 101 Å². The molecule has 3 aromatic rings. The van der Waals surface area contributed by atoms with Crippen LogP contribution in [0.25, 0.3) is 0 Å². The van der Waals surface area contributed by atoms with Crippen LogP contribution in [-0.2, 0) is 44.7 Å². The quantitative estimate of drug-likeness (QED) is 0.386. The van der Waals surface area contributed by atoms with E-state index in [1.165, 1.54) is 42.3 Å². The zero-order valence-electron chi connectivity index (χ0n) is 23.1. The molecule has 0 spiro atoms. The van der Waals surface area contributed by atoms with Crippen molar-refractivity contribution in [2.24, 2.45) is 0 Å². The predicted octanol–water partition coefficient (Wildman–Crippen LogP) is 3.63. The highest BCUT2D eigenvalue weighted by atomic mass is 19.3. The molecular weight excluding hydrogens is 562 g/mol. The minimum absolute atomic E-state index is 0.0548. The number of nitrogens with zero attached hydrogens (tertiary/aromatic N) is 2. The standard InChI is InChI=1S/C31H28F2N4O6/c1-36(30(42)43-18-19-7-3-2-4-8-19)24-10-6-5-9-23(24)31(32,33)29(41)34-16-20-11-12-22-21(15-20)17-37(28(22)40)25-13-14-26(38)35-27(25)39/h2-12,15,25H,13-14,16-18H2,1H3,(H,34,41)(H,35,38,39). The average Bonchev–Trinajstić information content (AvgIpc) is 3.33. The lowest BCUT2D eigenvalue weighted by molar-refractivity contribution is -0.147. The second kappa shape index (κ2) is 12.0. The van der Waals surface area contributed by atoms with Crippen LogP contribution in [0.1, 0.15) is 45.5 Å². The lowest BCUT2D eigenvalue weighted by Gasteiger charge is -2.29. The van der Waals surface area contributed by atoms with Crippen molar-refractivity contribution in [1.82, 2.24) is 15.5 Å². The lowest BCUT2D eigenvalue weighted by atomic mass is 10.0. The molecule has 2 N–H and O–H groups in total. The number of hydrogen-bond donors (Lipinski definition) is 2. The molecule has 222 valence electrons. The van der Waals surface area contributed by atoms with Gasteiger partial charge in [-0.2, -0.15) is 8.78 Å². The number of anilines is 1. The molecule has 43 heavy (non-hydrogen) atoms. The van der Waals surface area contributed by atoms with Gasteiger partial charge in [0.15, 0.2) is 0 Å². The smallest absolute Gasteiger partial charge is 0.414 e. The SMILES string of the molecule is CN(C(=O)OCc1ccccc1)c1ccccc1C(F)(F)C(=O)NCc1ccc2c(c1)CN(C1CCC(=O)NC1=O)C2=O. The van der Waals surface area contributed by atoms with E-state index in [2.05, 4.69) is 10.6 Å². The molecule has 5 amide bonds. The van der Waals surface area contributed by atoms with Gasteiger partial charge in [-0.05, 0) is 35.2 Å². The first-order chi connectivity index (χ1) is 20.6. The number of ether oxygens (including phenoxy) is 1. The highest BCUT2D eigenvalue weighted by molar-refractivity contribution is 6.05. The molecule has 2 aliphatic rings. The largest absolute Gasteiger partial charge is 0.444 e. The van der Waals surface area contributed by atoms with Crippen LogP contribution in [0.3, 0.4) is 0 Å². The van der Waals surface area contributed by atoms with Gasteiger partial charge in [-0.3, -0.25) is 29.4 Å². The minimum Gasteiger partial charge on any atom is -0.444 e. The summed E-state index contributed by atoms with van der Waals surface area (Å²) in [5.74, 6) is -6.87. The third-order valence-electron chi connectivity index (χ3n) is 7.41. The lowest BCUT2D eigenvalue weighted by Crippen LogP contribution is -2.52. The molecule has 1 saturated heterocycles. The molecule has 2 heterocycles. The molecule has 1 atom stereocenters. The molecule has 0 aromatic heterocycles. The highest BCUT2D eigenvalue weighted by Gasteiger charge is 2.44. The van der Waals surface area contributed by atoms with Crippen LogP contribution in [0.5, 0.6) is 0 Å². The Hall–Kier alpha value is -5.13. The van der Waals surface area contributed by atoms with Gasteiger partial charge in [0.1, 0.15) is 12.6 Å². The summed E-state index contributed by atoms with van der Waals surface area (Å²) in [4.78, 5) is 64.3. The topological polar surface area (TPSA) is 125 Å². The van der Waals surface area contributed by atoms with E-state index in [9.17, 15) is 24.0 Å². The molecule has 12 heteroatoms. The Morgan fingerprint density at radius 2 is 1.74 bits per heavy atom. The van der Waals surface area contributed by atoms with Gasteiger partial charge < -0.3 is 15.0 Å². The molecule has 2 aliphatic heterocycles. The van der Waals surface area contributed by atoms with Crippen LogP contribution >= 0.6 is 0 Å². The van der Waals surface area contributed by atoms with Crippen LogP contribution in [0.15, 0.2) is 72.8 Å². The number of halogens is 2. The number of piperidine rings is 1. The maximum Gasteiger partial charge on any atom is 0.414 e. The van der Waals surface area contributed by atoms with E-state index >= 15 is 8.78 Å². The van der Waals surface area contributed by atoms with E-state index in [1.807, 2.05) is 6.07 Å². The molecule has 0 saturated carbocycles. The number of carbonyl (C=O) groups is 5. The van der Waals surface area contributed by atoms with Gasteiger partial charge in [0.2, 0.25) is 11.8 Å². The summed E-state index contributed by atoms with van der Waals surface area (Å²) in [6.45, 7) is -0.204. The number of rotatable bonds is 8. The Bertz CT molecular complexity index is 1600. The Morgan fingerprint density at radius 3 is 2.49 bits per heavy atom. The molecular formula is C31H28F2N4O6. The number of para-hydroxylation sites is 1. The van der Waals surface area contributed by atoms with Crippen LogP contribution in [0, 0.1) is 0 Å². The molecule has 0 aliphatic carbocycles. The van der Waals surface area contributed by atoms with E-state index in [4.69, 9.17) is 4.74 Å². The molecule has 10 nitrogen and oxygen atoms in total. The molecule has 1 unspecified atom stereocenters. The number of nitrogens with one attached hydrogen (secondary N) is 2. The van der Waals surface area contributed by atoms with Gasteiger partial charge in [0.05, 0.1) is 11.3 Å². The third kappa shape index (κ3) is 6.08. The number of fused-ring (bicyclic) bond motifs is 1. The van der Waals surface area contributed by atoms with Crippen molar-refractivity contribution in [1.29, 1.82) is 0 Å². The van der Waals surface area contributed by atoms with Crippen LogP contribution in [0.4, 0.5) is 19.3 Å². The van der Waals surface area contributed by atoms with Crippen molar-refractivity contribution < 1.29 is 37.5 Å². The second-order valence-corrected chi connectivity index (χ2v) is 10.3. The monoisotopic (exact) mass is 590 g/mol. The Labute approximate surface area is 245 Å². The van der Waals surface area contributed by atoms with Gasteiger partial charge in [0, 0.05) is 32.1 Å². The number of amides is 5. The first-order valence-corrected chi connectivity index (χ1v) is 13.5. The molecule has 0 radical (unpaired) electrons. The zero-order chi connectivity index (χ0) is 30.7. The van der Waals surface area contributed by atoms with Crippen molar-refractivity contribution in [2.75, 3.05) is 11.9 Å². The summed E-state index contributed by atoms with van der Waals surface area (Å²) in [5, 5.41) is 4.48. The van der Waals surface area contributed by atoms with E-state index in [0.29, 0.717) is 16.7 Å². The fourth-order valence-corrected chi connectivity index (χ4v) is 5.10. The average molecular weight is 591 g/mol. The molecule has 5 rings (SSSR count). The molecule has 3 aromatic carbocycles. The number of alkyl halides is 2. The fourth-order valence-electron chi connectivity index (χ4n) is 5.10. The number of carbonyl (C=O) groups excluding carboxylic acids is 5.